The Hall–Kier alpha value is -1.34. The van der Waals surface area contributed by atoms with Crippen molar-refractivity contribution in [3.8, 4) is 0 Å². The van der Waals surface area contributed by atoms with Crippen LogP contribution in [0.4, 0.5) is 5.82 Å². The molecule has 0 spiro atoms. The largest absolute Gasteiger partial charge is 0.477 e. The topological polar surface area (TPSA) is 75.1 Å². The summed E-state index contributed by atoms with van der Waals surface area (Å²) in [5.41, 5.74) is 0.729. The van der Waals surface area contributed by atoms with Crippen molar-refractivity contribution in [3.05, 3.63) is 16.8 Å². The van der Waals surface area contributed by atoms with Crippen molar-refractivity contribution in [2.75, 3.05) is 17.3 Å². The fourth-order valence-corrected chi connectivity index (χ4v) is 3.48. The Kier molecular flexibility index (Phi) is 4.26. The van der Waals surface area contributed by atoms with Crippen LogP contribution < -0.4 is 5.32 Å². The molecule has 1 unspecified atom stereocenters. The van der Waals surface area contributed by atoms with E-state index in [0.717, 1.165) is 16.7 Å². The summed E-state index contributed by atoms with van der Waals surface area (Å²) >= 11 is 2.94. The second-order valence-electron chi connectivity index (χ2n) is 4.26. The molecule has 2 rings (SSSR count). The molecule has 0 amide bonds. The van der Waals surface area contributed by atoms with Crippen LogP contribution in [0.5, 0.6) is 0 Å². The van der Waals surface area contributed by atoms with E-state index in [-0.39, 0.29) is 6.04 Å². The summed E-state index contributed by atoms with van der Waals surface area (Å²) in [5, 5.41) is 13.3. The van der Waals surface area contributed by atoms with Gasteiger partial charge in [0.05, 0.1) is 5.39 Å². The third-order valence-corrected chi connectivity index (χ3v) is 4.74. The van der Waals surface area contributed by atoms with Gasteiger partial charge in [0.15, 0.2) is 0 Å². The molecule has 2 aromatic rings. The van der Waals surface area contributed by atoms with E-state index in [4.69, 9.17) is 5.11 Å². The molecule has 5 nitrogen and oxygen atoms in total. The lowest BCUT2D eigenvalue weighted by Crippen LogP contribution is -2.18. The highest BCUT2D eigenvalue weighted by atomic mass is 32.2. The zero-order valence-electron chi connectivity index (χ0n) is 10.9. The van der Waals surface area contributed by atoms with E-state index >= 15 is 0 Å². The van der Waals surface area contributed by atoms with Gasteiger partial charge in [-0.2, -0.15) is 11.8 Å². The van der Waals surface area contributed by atoms with Crippen molar-refractivity contribution in [1.29, 1.82) is 0 Å². The summed E-state index contributed by atoms with van der Waals surface area (Å²) in [4.78, 5) is 20.6. The van der Waals surface area contributed by atoms with E-state index < -0.39 is 5.97 Å². The lowest BCUT2D eigenvalue weighted by Gasteiger charge is -2.13. The van der Waals surface area contributed by atoms with Gasteiger partial charge in [0.2, 0.25) is 0 Å². The number of aryl methyl sites for hydroxylation is 1. The fraction of sp³-hybridized carbons (Fsp3) is 0.417. The first-order valence-corrected chi connectivity index (χ1v) is 7.98. The van der Waals surface area contributed by atoms with Crippen LogP contribution in [0.1, 0.15) is 22.2 Å². The second kappa shape index (κ2) is 5.75. The van der Waals surface area contributed by atoms with Crippen molar-refractivity contribution in [2.45, 2.75) is 19.9 Å². The molecule has 19 heavy (non-hydrogen) atoms. The Morgan fingerprint density at radius 1 is 1.58 bits per heavy atom. The molecule has 0 radical (unpaired) electrons. The molecule has 2 heterocycles. The number of nitrogens with zero attached hydrogens (tertiary/aromatic N) is 2. The van der Waals surface area contributed by atoms with Gasteiger partial charge in [-0.1, -0.05) is 0 Å². The first kappa shape index (κ1) is 14.1. The highest BCUT2D eigenvalue weighted by Gasteiger charge is 2.19. The number of hydrogen-bond acceptors (Lipinski definition) is 6. The van der Waals surface area contributed by atoms with Crippen LogP contribution in [0, 0.1) is 6.92 Å². The minimum Gasteiger partial charge on any atom is -0.477 e. The minimum absolute atomic E-state index is 0.265. The standard InChI is InChI=1S/C12H15N3O2S2/c1-6(4-18-3)15-10-8-7(2)9(12(16)17)19-11(8)14-5-13-10/h5-6H,4H2,1-3H3,(H,16,17)(H,13,14,15). The molecular formula is C12H15N3O2S2. The Balaban J connectivity index is 2.47. The monoisotopic (exact) mass is 297 g/mol. The molecule has 102 valence electrons. The molecular weight excluding hydrogens is 282 g/mol. The molecule has 0 bridgehead atoms. The number of carbonyl (C=O) groups is 1. The van der Waals surface area contributed by atoms with E-state index in [1.54, 1.807) is 18.7 Å². The average molecular weight is 297 g/mol. The van der Waals surface area contributed by atoms with Crippen LogP contribution in [0.15, 0.2) is 6.33 Å². The molecule has 0 saturated heterocycles. The van der Waals surface area contributed by atoms with Gasteiger partial charge in [0, 0.05) is 11.8 Å². The zero-order valence-corrected chi connectivity index (χ0v) is 12.6. The van der Waals surface area contributed by atoms with Crippen molar-refractivity contribution >= 4 is 45.1 Å². The number of anilines is 1. The van der Waals surface area contributed by atoms with E-state index in [2.05, 4.69) is 22.2 Å². The van der Waals surface area contributed by atoms with Crippen LogP contribution in [-0.4, -0.2) is 39.1 Å². The number of aromatic carboxylic acids is 1. The van der Waals surface area contributed by atoms with Crippen LogP contribution in [-0.2, 0) is 0 Å². The maximum Gasteiger partial charge on any atom is 0.346 e. The van der Waals surface area contributed by atoms with Crippen LogP contribution in [0.2, 0.25) is 0 Å². The number of nitrogens with one attached hydrogen (secondary N) is 1. The van der Waals surface area contributed by atoms with Crippen molar-refractivity contribution in [3.63, 3.8) is 0 Å². The number of aromatic nitrogens is 2. The van der Waals surface area contributed by atoms with Gasteiger partial charge in [0.25, 0.3) is 0 Å². The highest BCUT2D eigenvalue weighted by Crippen LogP contribution is 2.33. The predicted molar refractivity (Wildman–Crippen MR) is 80.6 cm³/mol. The number of rotatable bonds is 5. The summed E-state index contributed by atoms with van der Waals surface area (Å²) < 4.78 is 0. The van der Waals surface area contributed by atoms with Gasteiger partial charge in [-0.05, 0) is 25.7 Å². The van der Waals surface area contributed by atoms with Crippen LogP contribution >= 0.6 is 23.1 Å². The van der Waals surface area contributed by atoms with Gasteiger partial charge in [-0.15, -0.1) is 11.3 Å². The normalized spacial score (nSPS) is 12.6. The summed E-state index contributed by atoms with van der Waals surface area (Å²) in [7, 11) is 0. The molecule has 0 saturated carbocycles. The number of thioether (sulfide) groups is 1. The number of thiophene rings is 1. The number of carboxylic acid groups (broad SMARTS) is 1. The minimum atomic E-state index is -0.913. The molecule has 0 aromatic carbocycles. The van der Waals surface area contributed by atoms with Crippen molar-refractivity contribution in [1.82, 2.24) is 9.97 Å². The van der Waals surface area contributed by atoms with Crippen LogP contribution in [0.25, 0.3) is 10.2 Å². The van der Waals surface area contributed by atoms with Gasteiger partial charge in [-0.25, -0.2) is 14.8 Å². The number of carboxylic acids is 1. The molecule has 0 aliphatic rings. The highest BCUT2D eigenvalue weighted by molar-refractivity contribution is 7.98. The molecule has 2 aromatic heterocycles. The summed E-state index contributed by atoms with van der Waals surface area (Å²) in [5.74, 6) is 0.761. The van der Waals surface area contributed by atoms with E-state index in [1.165, 1.54) is 17.7 Å². The molecule has 0 aliphatic carbocycles. The van der Waals surface area contributed by atoms with E-state index in [1.807, 2.05) is 6.26 Å². The number of fused-ring (bicyclic) bond motifs is 1. The smallest absolute Gasteiger partial charge is 0.346 e. The molecule has 0 fully saturated rings. The molecule has 2 N–H and O–H groups in total. The third-order valence-electron chi connectivity index (χ3n) is 2.72. The van der Waals surface area contributed by atoms with Gasteiger partial charge in [0.1, 0.15) is 21.9 Å². The van der Waals surface area contributed by atoms with Crippen LogP contribution in [0.3, 0.4) is 0 Å². The predicted octanol–water partition coefficient (Wildman–Crippen LogP) is 2.86. The molecule has 1 atom stereocenters. The molecule has 0 aliphatic heterocycles. The first-order chi connectivity index (χ1) is 9.04. The Labute approximate surface area is 119 Å². The Morgan fingerprint density at radius 2 is 2.32 bits per heavy atom. The maximum absolute atomic E-state index is 11.2. The summed E-state index contributed by atoms with van der Waals surface area (Å²) in [6.07, 6.45) is 3.52. The lowest BCUT2D eigenvalue weighted by molar-refractivity contribution is 0.0701. The van der Waals surface area contributed by atoms with Gasteiger partial charge < -0.3 is 10.4 Å². The van der Waals surface area contributed by atoms with Crippen molar-refractivity contribution < 1.29 is 9.90 Å². The summed E-state index contributed by atoms with van der Waals surface area (Å²) in [6.45, 7) is 3.88. The first-order valence-electron chi connectivity index (χ1n) is 5.77. The van der Waals surface area contributed by atoms with E-state index in [9.17, 15) is 4.79 Å². The van der Waals surface area contributed by atoms with Crippen molar-refractivity contribution in [2.24, 2.45) is 0 Å². The third kappa shape index (κ3) is 2.82. The lowest BCUT2D eigenvalue weighted by atomic mass is 10.2. The fourth-order valence-electron chi connectivity index (χ4n) is 1.91. The van der Waals surface area contributed by atoms with E-state index in [0.29, 0.717) is 15.5 Å². The average Bonchev–Trinajstić information content (AvgIpc) is 2.68. The van der Waals surface area contributed by atoms with Gasteiger partial charge in [-0.3, -0.25) is 0 Å². The zero-order chi connectivity index (χ0) is 14.0. The SMILES string of the molecule is CSCC(C)Nc1ncnc2sc(C(=O)O)c(C)c12. The maximum atomic E-state index is 11.2. The number of hydrogen-bond donors (Lipinski definition) is 2. The summed E-state index contributed by atoms with van der Waals surface area (Å²) in [6, 6.07) is 0.265. The molecule has 7 heteroatoms. The Bertz CT molecular complexity index is 612. The quantitative estimate of drug-likeness (QED) is 0.884. The Morgan fingerprint density at radius 3 is 2.95 bits per heavy atom. The van der Waals surface area contributed by atoms with Gasteiger partial charge >= 0.3 is 5.97 Å². The second-order valence-corrected chi connectivity index (χ2v) is 6.17.